The Bertz CT molecular complexity index is 336. The van der Waals surface area contributed by atoms with Crippen molar-refractivity contribution in [3.05, 3.63) is 29.8 Å². The zero-order valence-electron chi connectivity index (χ0n) is 10.4. The van der Waals surface area contributed by atoms with Crippen molar-refractivity contribution in [3.63, 3.8) is 0 Å². The molecule has 0 fully saturated rings. The summed E-state index contributed by atoms with van der Waals surface area (Å²) in [6.07, 6.45) is -0.477. The number of benzene rings is 1. The lowest BCUT2D eigenvalue weighted by Gasteiger charge is -2.20. The second kappa shape index (κ2) is 5.47. The van der Waals surface area contributed by atoms with Gasteiger partial charge in [0.2, 0.25) is 8.32 Å². The Morgan fingerprint density at radius 3 is 2.62 bits per heavy atom. The van der Waals surface area contributed by atoms with E-state index in [-0.39, 0.29) is 0 Å². The highest BCUT2D eigenvalue weighted by Crippen LogP contribution is 2.21. The van der Waals surface area contributed by atoms with E-state index in [1.807, 2.05) is 31.3 Å². The van der Waals surface area contributed by atoms with Gasteiger partial charge in [0.25, 0.3) is 0 Å². The lowest BCUT2D eigenvalue weighted by molar-refractivity contribution is 0.177. The summed E-state index contributed by atoms with van der Waals surface area (Å²) in [5.74, 6) is 0.854. The smallest absolute Gasteiger partial charge is 0.242 e. The molecule has 0 bridgehead atoms. The highest BCUT2D eigenvalue weighted by Gasteiger charge is 2.16. The number of aliphatic hydroxyl groups is 1. The fourth-order valence-electron chi connectivity index (χ4n) is 1.45. The van der Waals surface area contributed by atoms with Crippen LogP contribution in [0.4, 0.5) is 0 Å². The van der Waals surface area contributed by atoms with E-state index in [1.54, 1.807) is 0 Å². The van der Waals surface area contributed by atoms with Gasteiger partial charge in [0.15, 0.2) is 0 Å². The average molecular weight is 239 g/mol. The first-order valence-corrected chi connectivity index (χ1v) is 8.95. The number of nitrogens with one attached hydrogen (secondary N) is 1. The van der Waals surface area contributed by atoms with Crippen molar-refractivity contribution in [1.82, 2.24) is 5.32 Å². The topological polar surface area (TPSA) is 41.5 Å². The number of rotatable bonds is 5. The highest BCUT2D eigenvalue weighted by molar-refractivity contribution is 6.70. The summed E-state index contributed by atoms with van der Waals surface area (Å²) < 4.78 is 5.88. The Labute approximate surface area is 98.6 Å². The van der Waals surface area contributed by atoms with E-state index in [9.17, 15) is 5.11 Å². The van der Waals surface area contributed by atoms with Crippen molar-refractivity contribution in [2.45, 2.75) is 25.7 Å². The van der Waals surface area contributed by atoms with Crippen molar-refractivity contribution in [2.75, 3.05) is 13.6 Å². The predicted octanol–water partition coefficient (Wildman–Crippen LogP) is 2.15. The predicted molar refractivity (Wildman–Crippen MR) is 69.3 cm³/mol. The Morgan fingerprint density at radius 2 is 2.06 bits per heavy atom. The molecule has 0 saturated heterocycles. The normalized spacial score (nSPS) is 13.6. The molecule has 4 heteroatoms. The van der Waals surface area contributed by atoms with Gasteiger partial charge in [-0.1, -0.05) is 12.1 Å². The van der Waals surface area contributed by atoms with Crippen molar-refractivity contribution >= 4 is 8.32 Å². The monoisotopic (exact) mass is 239 g/mol. The van der Waals surface area contributed by atoms with Gasteiger partial charge < -0.3 is 14.8 Å². The molecule has 0 unspecified atom stereocenters. The first kappa shape index (κ1) is 13.2. The molecule has 0 saturated carbocycles. The Morgan fingerprint density at radius 1 is 1.38 bits per heavy atom. The standard InChI is InChI=1S/C12H21NO2Si/c1-13-9-12(14)10-6-5-7-11(8-10)15-16(2,3)4/h5-8,12-14H,9H2,1-4H3/t12-/m0/s1. The first-order chi connectivity index (χ1) is 7.42. The molecule has 90 valence electrons. The van der Waals surface area contributed by atoms with Crippen LogP contribution in [0.15, 0.2) is 24.3 Å². The summed E-state index contributed by atoms with van der Waals surface area (Å²) in [4.78, 5) is 0. The second-order valence-electron chi connectivity index (χ2n) is 4.86. The summed E-state index contributed by atoms with van der Waals surface area (Å²) in [7, 11) is 0.254. The zero-order valence-corrected chi connectivity index (χ0v) is 11.4. The molecule has 0 aliphatic carbocycles. The molecule has 1 aromatic carbocycles. The van der Waals surface area contributed by atoms with E-state index in [1.165, 1.54) is 0 Å². The SMILES string of the molecule is CNC[C@H](O)c1cccc(O[Si](C)(C)C)c1. The van der Waals surface area contributed by atoms with Crippen molar-refractivity contribution in [3.8, 4) is 5.75 Å². The van der Waals surface area contributed by atoms with Crippen molar-refractivity contribution in [2.24, 2.45) is 0 Å². The summed E-state index contributed by atoms with van der Waals surface area (Å²) in [6, 6.07) is 7.69. The minimum atomic E-state index is -1.57. The Kier molecular flexibility index (Phi) is 4.52. The maximum atomic E-state index is 9.84. The molecule has 1 rings (SSSR count). The molecular formula is C12H21NO2Si. The van der Waals surface area contributed by atoms with Crippen LogP contribution in [0, 0.1) is 0 Å². The average Bonchev–Trinajstić information content (AvgIpc) is 2.16. The minimum absolute atomic E-state index is 0.477. The third kappa shape index (κ3) is 4.34. The van der Waals surface area contributed by atoms with E-state index in [4.69, 9.17) is 4.43 Å². The molecule has 16 heavy (non-hydrogen) atoms. The molecule has 0 spiro atoms. The lowest BCUT2D eigenvalue weighted by Crippen LogP contribution is -2.29. The van der Waals surface area contributed by atoms with Crippen LogP contribution in [0.3, 0.4) is 0 Å². The molecule has 0 aromatic heterocycles. The number of hydrogen-bond donors (Lipinski definition) is 2. The van der Waals surface area contributed by atoms with Gasteiger partial charge in [-0.15, -0.1) is 0 Å². The fraction of sp³-hybridized carbons (Fsp3) is 0.500. The molecule has 0 aliphatic heterocycles. The van der Waals surface area contributed by atoms with Gasteiger partial charge in [0, 0.05) is 6.54 Å². The molecule has 3 nitrogen and oxygen atoms in total. The summed E-state index contributed by atoms with van der Waals surface area (Å²) >= 11 is 0. The van der Waals surface area contributed by atoms with Gasteiger partial charge in [0.1, 0.15) is 5.75 Å². The Hall–Kier alpha value is -0.843. The van der Waals surface area contributed by atoms with E-state index in [0.29, 0.717) is 6.54 Å². The van der Waals surface area contributed by atoms with E-state index in [0.717, 1.165) is 11.3 Å². The third-order valence-corrected chi connectivity index (χ3v) is 2.91. The van der Waals surface area contributed by atoms with Gasteiger partial charge in [0.05, 0.1) is 6.10 Å². The van der Waals surface area contributed by atoms with Crippen LogP contribution in [0.25, 0.3) is 0 Å². The Balaban J connectivity index is 2.78. The van der Waals surface area contributed by atoms with Crippen LogP contribution in [-0.4, -0.2) is 27.0 Å². The van der Waals surface area contributed by atoms with Gasteiger partial charge in [-0.05, 0) is 44.4 Å². The third-order valence-electron chi connectivity index (χ3n) is 2.06. The van der Waals surface area contributed by atoms with E-state index in [2.05, 4.69) is 25.0 Å². The molecule has 0 amide bonds. The molecule has 1 aromatic rings. The van der Waals surface area contributed by atoms with E-state index < -0.39 is 14.4 Å². The van der Waals surface area contributed by atoms with Crippen molar-refractivity contribution in [1.29, 1.82) is 0 Å². The van der Waals surface area contributed by atoms with E-state index >= 15 is 0 Å². The lowest BCUT2D eigenvalue weighted by atomic mass is 10.1. The number of hydrogen-bond acceptors (Lipinski definition) is 3. The van der Waals surface area contributed by atoms with Crippen LogP contribution in [0.2, 0.25) is 19.6 Å². The minimum Gasteiger partial charge on any atom is -0.544 e. The maximum absolute atomic E-state index is 9.84. The molecule has 1 atom stereocenters. The maximum Gasteiger partial charge on any atom is 0.242 e. The molecule has 2 N–H and O–H groups in total. The summed E-state index contributed by atoms with van der Waals surface area (Å²) in [6.45, 7) is 6.98. The second-order valence-corrected chi connectivity index (χ2v) is 9.29. The van der Waals surface area contributed by atoms with Gasteiger partial charge in [-0.2, -0.15) is 0 Å². The van der Waals surface area contributed by atoms with Crippen LogP contribution in [-0.2, 0) is 0 Å². The highest BCUT2D eigenvalue weighted by atomic mass is 28.4. The van der Waals surface area contributed by atoms with Gasteiger partial charge >= 0.3 is 0 Å². The zero-order chi connectivity index (χ0) is 12.2. The van der Waals surface area contributed by atoms with Crippen molar-refractivity contribution < 1.29 is 9.53 Å². The largest absolute Gasteiger partial charge is 0.544 e. The summed E-state index contributed by atoms with van der Waals surface area (Å²) in [5.41, 5.74) is 0.894. The molecule has 0 radical (unpaired) electrons. The first-order valence-electron chi connectivity index (χ1n) is 5.54. The summed E-state index contributed by atoms with van der Waals surface area (Å²) in [5, 5.41) is 12.8. The van der Waals surface area contributed by atoms with Crippen LogP contribution in [0.1, 0.15) is 11.7 Å². The van der Waals surface area contributed by atoms with Crippen LogP contribution < -0.4 is 9.74 Å². The molecule has 0 aliphatic rings. The molecule has 0 heterocycles. The fourth-order valence-corrected chi connectivity index (χ4v) is 2.28. The van der Waals surface area contributed by atoms with Crippen LogP contribution in [0.5, 0.6) is 5.75 Å². The molecular weight excluding hydrogens is 218 g/mol. The number of aliphatic hydroxyl groups excluding tert-OH is 1. The number of likely N-dealkylation sites (N-methyl/N-ethyl adjacent to an activating group) is 1. The van der Waals surface area contributed by atoms with Gasteiger partial charge in [-0.25, -0.2) is 0 Å². The van der Waals surface area contributed by atoms with Crippen LogP contribution >= 0.6 is 0 Å². The van der Waals surface area contributed by atoms with Gasteiger partial charge in [-0.3, -0.25) is 0 Å². The quantitative estimate of drug-likeness (QED) is 0.774.